The van der Waals surface area contributed by atoms with Gasteiger partial charge >= 0.3 is 0 Å². The number of rotatable bonds is 9. The first kappa shape index (κ1) is 23.5. The van der Waals surface area contributed by atoms with Gasteiger partial charge < -0.3 is 19.9 Å². The average Bonchev–Trinajstić information content (AvgIpc) is 3.34. The molecule has 1 fully saturated rings. The van der Waals surface area contributed by atoms with E-state index in [1.807, 2.05) is 0 Å². The summed E-state index contributed by atoms with van der Waals surface area (Å²) in [5, 5.41) is 17.0. The molecule has 1 saturated carbocycles. The molecule has 1 aromatic carbocycles. The molecule has 4 rings (SSSR count). The van der Waals surface area contributed by atoms with Crippen molar-refractivity contribution < 1.29 is 23.8 Å². The fourth-order valence-electron chi connectivity index (χ4n) is 3.90. The minimum atomic E-state index is -0.827. The Labute approximate surface area is 194 Å². The zero-order valence-corrected chi connectivity index (χ0v) is 18.8. The summed E-state index contributed by atoms with van der Waals surface area (Å²) in [7, 11) is 3.04. The summed E-state index contributed by atoms with van der Waals surface area (Å²) < 4.78 is 27.4. The number of ether oxygens (including phenoxy) is 2. The fourth-order valence-corrected chi connectivity index (χ4v) is 3.90. The number of nitrogens with zero attached hydrogens (tertiary/aromatic N) is 5. The van der Waals surface area contributed by atoms with Gasteiger partial charge in [0.1, 0.15) is 29.9 Å². The van der Waals surface area contributed by atoms with Crippen molar-refractivity contribution in [3.8, 4) is 11.4 Å². The average molecular weight is 472 g/mol. The normalized spacial score (nSPS) is 14.6. The quantitative estimate of drug-likeness (QED) is 0.444. The summed E-state index contributed by atoms with van der Waals surface area (Å²) in [6, 6.07) is 4.02. The number of carbonyl (C=O) groups is 1. The summed E-state index contributed by atoms with van der Waals surface area (Å²) in [5.74, 6) is -1.72. The number of methoxy groups -OCH3 is 1. The van der Waals surface area contributed by atoms with E-state index in [1.54, 1.807) is 7.11 Å². The third kappa shape index (κ3) is 4.41. The van der Waals surface area contributed by atoms with E-state index in [4.69, 9.17) is 9.47 Å². The predicted molar refractivity (Wildman–Crippen MR) is 117 cm³/mol. The third-order valence-electron chi connectivity index (χ3n) is 5.87. The van der Waals surface area contributed by atoms with E-state index >= 15 is 0 Å². The van der Waals surface area contributed by atoms with Crippen LogP contribution in [0, 0.1) is 5.82 Å². The van der Waals surface area contributed by atoms with E-state index in [9.17, 15) is 19.1 Å². The van der Waals surface area contributed by atoms with Crippen LogP contribution in [0.5, 0.6) is 5.75 Å². The molecule has 3 aromatic rings. The van der Waals surface area contributed by atoms with Crippen LogP contribution in [0.15, 0.2) is 35.6 Å². The highest BCUT2D eigenvalue weighted by molar-refractivity contribution is 5.94. The lowest BCUT2D eigenvalue weighted by Crippen LogP contribution is -2.44. The van der Waals surface area contributed by atoms with Crippen LogP contribution in [0.1, 0.15) is 41.1 Å². The molecule has 34 heavy (non-hydrogen) atoms. The number of carbonyl (C=O) groups excluding carboxylic acids is 1. The molecule has 2 heterocycles. The topological polar surface area (TPSA) is 133 Å². The molecule has 0 aliphatic heterocycles. The lowest BCUT2D eigenvalue weighted by molar-refractivity contribution is -0.125. The van der Waals surface area contributed by atoms with Gasteiger partial charge in [-0.25, -0.2) is 19.0 Å². The van der Waals surface area contributed by atoms with Gasteiger partial charge in [-0.1, -0.05) is 6.07 Å². The SMILES string of the molecule is COCCOC1(c2nc(C(=O)NCc3ccc(F)cc3-n3cncn3)c(O)c(=O)n2C)CCC1. The minimum Gasteiger partial charge on any atom is -0.501 e. The first-order chi connectivity index (χ1) is 16.4. The highest BCUT2D eigenvalue weighted by Crippen LogP contribution is 2.43. The van der Waals surface area contributed by atoms with Crippen LogP contribution in [0.3, 0.4) is 0 Å². The molecule has 2 aromatic heterocycles. The van der Waals surface area contributed by atoms with Crippen molar-refractivity contribution in [1.29, 1.82) is 0 Å². The Bertz CT molecular complexity index is 1240. The number of nitrogens with one attached hydrogen (secondary N) is 1. The Morgan fingerprint density at radius 2 is 2.12 bits per heavy atom. The molecule has 0 saturated heterocycles. The summed E-state index contributed by atoms with van der Waals surface area (Å²) in [6.45, 7) is 0.632. The molecule has 0 spiro atoms. The molecule has 1 aliphatic rings. The van der Waals surface area contributed by atoms with E-state index in [2.05, 4.69) is 20.4 Å². The molecular weight excluding hydrogens is 447 g/mol. The van der Waals surface area contributed by atoms with Crippen LogP contribution in [-0.2, 0) is 28.7 Å². The van der Waals surface area contributed by atoms with E-state index in [-0.39, 0.29) is 12.4 Å². The van der Waals surface area contributed by atoms with Crippen LogP contribution in [0.4, 0.5) is 4.39 Å². The summed E-state index contributed by atoms with van der Waals surface area (Å²) in [6.07, 6.45) is 4.84. The molecule has 0 radical (unpaired) electrons. The van der Waals surface area contributed by atoms with Gasteiger partial charge in [0.2, 0.25) is 5.75 Å². The Morgan fingerprint density at radius 1 is 1.32 bits per heavy atom. The first-order valence-electron chi connectivity index (χ1n) is 10.7. The second-order valence-corrected chi connectivity index (χ2v) is 7.98. The molecule has 1 amide bonds. The van der Waals surface area contributed by atoms with Gasteiger partial charge in [0, 0.05) is 20.7 Å². The Balaban J connectivity index is 1.61. The van der Waals surface area contributed by atoms with Crippen LogP contribution >= 0.6 is 0 Å². The first-order valence-corrected chi connectivity index (χ1v) is 10.7. The molecule has 2 N–H and O–H groups in total. The zero-order valence-electron chi connectivity index (χ0n) is 18.8. The number of amides is 1. The van der Waals surface area contributed by atoms with Gasteiger partial charge in [-0.3, -0.25) is 14.2 Å². The highest BCUT2D eigenvalue weighted by Gasteiger charge is 2.44. The number of hydrogen-bond donors (Lipinski definition) is 2. The second-order valence-electron chi connectivity index (χ2n) is 7.98. The van der Waals surface area contributed by atoms with Crippen LogP contribution < -0.4 is 10.9 Å². The number of hydrogen-bond acceptors (Lipinski definition) is 8. The van der Waals surface area contributed by atoms with Gasteiger partial charge in [-0.15, -0.1) is 0 Å². The summed E-state index contributed by atoms with van der Waals surface area (Å²) in [5.41, 5.74) is -1.04. The lowest BCUT2D eigenvalue weighted by Gasteiger charge is -2.41. The lowest BCUT2D eigenvalue weighted by atomic mass is 9.79. The van der Waals surface area contributed by atoms with E-state index in [0.29, 0.717) is 37.3 Å². The van der Waals surface area contributed by atoms with E-state index in [0.717, 1.165) is 6.42 Å². The van der Waals surface area contributed by atoms with Crippen molar-refractivity contribution in [2.24, 2.45) is 7.05 Å². The number of aromatic nitrogens is 5. The van der Waals surface area contributed by atoms with Crippen molar-refractivity contribution in [3.05, 3.63) is 64.1 Å². The van der Waals surface area contributed by atoms with Gasteiger partial charge in [0.05, 0.1) is 18.9 Å². The van der Waals surface area contributed by atoms with Gasteiger partial charge in [-0.05, 0) is 37.0 Å². The molecule has 0 unspecified atom stereocenters. The maximum atomic E-state index is 13.8. The van der Waals surface area contributed by atoms with Crippen LogP contribution in [0.25, 0.3) is 5.69 Å². The summed E-state index contributed by atoms with van der Waals surface area (Å²) >= 11 is 0. The maximum absolute atomic E-state index is 13.8. The van der Waals surface area contributed by atoms with Gasteiger partial charge in [0.25, 0.3) is 11.5 Å². The third-order valence-corrected chi connectivity index (χ3v) is 5.87. The van der Waals surface area contributed by atoms with Crippen molar-refractivity contribution in [2.45, 2.75) is 31.4 Å². The minimum absolute atomic E-state index is 0.0323. The van der Waals surface area contributed by atoms with Crippen molar-refractivity contribution in [1.82, 2.24) is 29.6 Å². The highest BCUT2D eigenvalue weighted by atomic mass is 19.1. The van der Waals surface area contributed by atoms with Crippen molar-refractivity contribution in [3.63, 3.8) is 0 Å². The Kier molecular flexibility index (Phi) is 6.70. The number of aromatic hydroxyl groups is 1. The Morgan fingerprint density at radius 3 is 2.76 bits per heavy atom. The molecule has 1 aliphatic carbocycles. The van der Waals surface area contributed by atoms with Gasteiger partial charge in [-0.2, -0.15) is 5.10 Å². The molecule has 0 bridgehead atoms. The fraction of sp³-hybridized carbons (Fsp3) is 0.409. The molecule has 12 heteroatoms. The van der Waals surface area contributed by atoms with Crippen LogP contribution in [0.2, 0.25) is 0 Å². The predicted octanol–water partition coefficient (Wildman–Crippen LogP) is 1.18. The zero-order chi connectivity index (χ0) is 24.3. The number of halogens is 1. The maximum Gasteiger partial charge on any atom is 0.296 e. The van der Waals surface area contributed by atoms with Crippen molar-refractivity contribution in [2.75, 3.05) is 20.3 Å². The number of benzene rings is 1. The monoisotopic (exact) mass is 472 g/mol. The second kappa shape index (κ2) is 9.69. The van der Waals surface area contributed by atoms with E-state index < -0.39 is 34.3 Å². The summed E-state index contributed by atoms with van der Waals surface area (Å²) in [4.78, 5) is 33.9. The van der Waals surface area contributed by atoms with Gasteiger partial charge in [0.15, 0.2) is 5.69 Å². The molecule has 180 valence electrons. The molecule has 0 atom stereocenters. The largest absolute Gasteiger partial charge is 0.501 e. The Hall–Kier alpha value is -3.64. The smallest absolute Gasteiger partial charge is 0.296 e. The van der Waals surface area contributed by atoms with Crippen LogP contribution in [-0.4, -0.2) is 55.7 Å². The molecular formula is C22H25FN6O5. The van der Waals surface area contributed by atoms with Crippen molar-refractivity contribution >= 4 is 5.91 Å². The van der Waals surface area contributed by atoms with E-state index in [1.165, 1.54) is 47.2 Å². The molecule has 11 nitrogen and oxygen atoms in total. The standard InChI is InChI=1S/C22H25FN6O5/c1-28-20(32)18(30)17(27-21(28)22(6-3-7-22)34-9-8-33-2)19(31)25-11-14-4-5-15(23)10-16(14)29-13-24-12-26-29/h4-5,10,12-13,30H,3,6-9,11H2,1-2H3,(H,25,31).